The van der Waals surface area contributed by atoms with Crippen molar-refractivity contribution < 1.29 is 14.3 Å². The van der Waals surface area contributed by atoms with Gasteiger partial charge in [0.2, 0.25) is 5.91 Å². The number of primary amides is 1. The van der Waals surface area contributed by atoms with E-state index in [9.17, 15) is 9.59 Å². The molecule has 0 radical (unpaired) electrons. The lowest BCUT2D eigenvalue weighted by Gasteiger charge is -2.27. The second-order valence-electron chi connectivity index (χ2n) is 5.96. The summed E-state index contributed by atoms with van der Waals surface area (Å²) in [6.45, 7) is 3.09. The first kappa shape index (κ1) is 17.0. The number of nitrogens with zero attached hydrogens (tertiary/aromatic N) is 3. The van der Waals surface area contributed by atoms with Gasteiger partial charge in [-0.05, 0) is 17.7 Å². The van der Waals surface area contributed by atoms with E-state index in [-0.39, 0.29) is 12.5 Å². The van der Waals surface area contributed by atoms with Crippen LogP contribution in [0.5, 0.6) is 5.75 Å². The lowest BCUT2D eigenvalue weighted by atomic mass is 10.2. The average molecular weight is 343 g/mol. The molecule has 132 valence electrons. The van der Waals surface area contributed by atoms with Gasteiger partial charge in [0.05, 0.1) is 18.6 Å². The maximum Gasteiger partial charge on any atom is 0.255 e. The van der Waals surface area contributed by atoms with E-state index in [0.717, 1.165) is 30.9 Å². The van der Waals surface area contributed by atoms with Crippen molar-refractivity contribution >= 4 is 11.8 Å². The summed E-state index contributed by atoms with van der Waals surface area (Å²) < 4.78 is 7.30. The molecule has 1 aliphatic rings. The number of imidazole rings is 1. The molecule has 3 rings (SSSR count). The van der Waals surface area contributed by atoms with Gasteiger partial charge in [0.1, 0.15) is 5.75 Å². The number of carbonyl (C=O) groups is 2. The topological polar surface area (TPSA) is 102 Å². The van der Waals surface area contributed by atoms with Gasteiger partial charge in [0.15, 0.2) is 6.61 Å². The zero-order chi connectivity index (χ0) is 17.6. The Morgan fingerprint density at radius 3 is 2.80 bits per heavy atom. The summed E-state index contributed by atoms with van der Waals surface area (Å²) in [5.41, 5.74) is 7.11. The number of aromatic nitrogens is 2. The van der Waals surface area contributed by atoms with Crippen molar-refractivity contribution in [3.8, 4) is 5.75 Å². The highest BCUT2D eigenvalue weighted by Crippen LogP contribution is 2.12. The zero-order valence-corrected chi connectivity index (χ0v) is 13.9. The van der Waals surface area contributed by atoms with Crippen LogP contribution in [-0.4, -0.2) is 46.0 Å². The number of ether oxygens (including phenoxy) is 1. The van der Waals surface area contributed by atoms with Gasteiger partial charge in [-0.15, -0.1) is 0 Å². The van der Waals surface area contributed by atoms with Gasteiger partial charge in [0, 0.05) is 32.4 Å². The predicted octanol–water partition coefficient (Wildman–Crippen LogP) is -0.121. The van der Waals surface area contributed by atoms with Crippen LogP contribution in [0.4, 0.5) is 0 Å². The molecule has 1 aromatic carbocycles. The van der Waals surface area contributed by atoms with Crippen molar-refractivity contribution in [3.05, 3.63) is 48.0 Å². The SMILES string of the molecule is NC(=O)COc1ccc(CNC(=O)CN2CCn3cncc3C2)cc1. The maximum absolute atomic E-state index is 12.1. The number of rotatable bonds is 7. The molecule has 3 N–H and O–H groups in total. The van der Waals surface area contributed by atoms with Crippen molar-refractivity contribution in [2.24, 2.45) is 5.73 Å². The van der Waals surface area contributed by atoms with E-state index in [1.807, 2.05) is 24.7 Å². The molecule has 2 heterocycles. The Morgan fingerprint density at radius 1 is 1.24 bits per heavy atom. The minimum Gasteiger partial charge on any atom is -0.484 e. The van der Waals surface area contributed by atoms with Crippen LogP contribution in [0.3, 0.4) is 0 Å². The van der Waals surface area contributed by atoms with Gasteiger partial charge in [-0.2, -0.15) is 0 Å². The summed E-state index contributed by atoms with van der Waals surface area (Å²) in [5.74, 6) is 0.0397. The largest absolute Gasteiger partial charge is 0.484 e. The third-order valence-corrected chi connectivity index (χ3v) is 4.00. The molecule has 1 aromatic heterocycles. The van der Waals surface area contributed by atoms with Crippen molar-refractivity contribution in [1.29, 1.82) is 0 Å². The zero-order valence-electron chi connectivity index (χ0n) is 13.9. The van der Waals surface area contributed by atoms with Crippen LogP contribution < -0.4 is 15.8 Å². The summed E-state index contributed by atoms with van der Waals surface area (Å²) in [6, 6.07) is 7.18. The fourth-order valence-corrected chi connectivity index (χ4v) is 2.69. The van der Waals surface area contributed by atoms with Gasteiger partial charge >= 0.3 is 0 Å². The van der Waals surface area contributed by atoms with Gasteiger partial charge in [0.25, 0.3) is 5.91 Å². The Morgan fingerprint density at radius 2 is 2.04 bits per heavy atom. The number of nitrogens with two attached hydrogens (primary N) is 1. The van der Waals surface area contributed by atoms with Crippen molar-refractivity contribution in [2.75, 3.05) is 19.7 Å². The highest BCUT2D eigenvalue weighted by Gasteiger charge is 2.18. The van der Waals surface area contributed by atoms with E-state index in [1.165, 1.54) is 0 Å². The summed E-state index contributed by atoms with van der Waals surface area (Å²) >= 11 is 0. The lowest BCUT2D eigenvalue weighted by molar-refractivity contribution is -0.123. The van der Waals surface area contributed by atoms with E-state index >= 15 is 0 Å². The first-order valence-electron chi connectivity index (χ1n) is 8.08. The smallest absolute Gasteiger partial charge is 0.255 e. The van der Waals surface area contributed by atoms with Crippen molar-refractivity contribution in [1.82, 2.24) is 19.8 Å². The number of nitrogens with one attached hydrogen (secondary N) is 1. The molecule has 8 nitrogen and oxygen atoms in total. The average Bonchev–Trinajstić information content (AvgIpc) is 3.07. The van der Waals surface area contributed by atoms with Gasteiger partial charge < -0.3 is 20.4 Å². The van der Waals surface area contributed by atoms with Crippen LogP contribution in [0.15, 0.2) is 36.8 Å². The lowest BCUT2D eigenvalue weighted by Crippen LogP contribution is -2.40. The Balaban J connectivity index is 1.42. The monoisotopic (exact) mass is 343 g/mol. The molecule has 0 saturated heterocycles. The van der Waals surface area contributed by atoms with Crippen molar-refractivity contribution in [2.45, 2.75) is 19.6 Å². The molecule has 0 bridgehead atoms. The number of hydrogen-bond acceptors (Lipinski definition) is 5. The molecule has 2 amide bonds. The summed E-state index contributed by atoms with van der Waals surface area (Å²) in [7, 11) is 0. The normalized spacial score (nSPS) is 13.9. The Labute approximate surface area is 145 Å². The molecule has 0 atom stereocenters. The van der Waals surface area contributed by atoms with Crippen molar-refractivity contribution in [3.63, 3.8) is 0 Å². The number of carbonyl (C=O) groups excluding carboxylic acids is 2. The van der Waals surface area contributed by atoms with Gasteiger partial charge in [-0.1, -0.05) is 12.1 Å². The summed E-state index contributed by atoms with van der Waals surface area (Å²) in [4.78, 5) is 29.0. The van der Waals surface area contributed by atoms with Crippen LogP contribution in [0, 0.1) is 0 Å². The van der Waals surface area contributed by atoms with E-state index in [2.05, 4.69) is 19.8 Å². The molecule has 0 fully saturated rings. The first-order chi connectivity index (χ1) is 12.1. The highest BCUT2D eigenvalue weighted by atomic mass is 16.5. The standard InChI is InChI=1S/C17H21N5O3/c18-16(23)11-25-15-3-1-13(2-4-15)7-20-17(24)10-21-5-6-22-12-19-8-14(22)9-21/h1-4,8,12H,5-7,9-11H2,(H2,18,23)(H,20,24). The fraction of sp³-hybridized carbons (Fsp3) is 0.353. The Hall–Kier alpha value is -2.87. The molecular formula is C17H21N5O3. The van der Waals surface area contributed by atoms with E-state index in [1.54, 1.807) is 12.1 Å². The van der Waals surface area contributed by atoms with Crippen LogP contribution in [0.1, 0.15) is 11.3 Å². The molecule has 2 aromatic rings. The number of benzene rings is 1. The molecule has 8 heteroatoms. The predicted molar refractivity (Wildman–Crippen MR) is 90.5 cm³/mol. The fourth-order valence-electron chi connectivity index (χ4n) is 2.69. The first-order valence-corrected chi connectivity index (χ1v) is 8.08. The molecule has 0 spiro atoms. The van der Waals surface area contributed by atoms with E-state index in [0.29, 0.717) is 18.8 Å². The summed E-state index contributed by atoms with van der Waals surface area (Å²) in [6.07, 6.45) is 3.66. The number of amides is 2. The van der Waals surface area contributed by atoms with E-state index in [4.69, 9.17) is 10.5 Å². The maximum atomic E-state index is 12.1. The molecule has 0 saturated carbocycles. The molecular weight excluding hydrogens is 322 g/mol. The Bertz CT molecular complexity index is 741. The molecule has 1 aliphatic heterocycles. The second kappa shape index (κ2) is 7.80. The third-order valence-electron chi connectivity index (χ3n) is 4.00. The Kier molecular flexibility index (Phi) is 5.30. The number of fused-ring (bicyclic) bond motifs is 1. The van der Waals surface area contributed by atoms with Crippen LogP contribution in [0.2, 0.25) is 0 Å². The van der Waals surface area contributed by atoms with Gasteiger partial charge in [-0.25, -0.2) is 4.98 Å². The second-order valence-corrected chi connectivity index (χ2v) is 5.96. The molecule has 25 heavy (non-hydrogen) atoms. The van der Waals surface area contributed by atoms with Crippen LogP contribution >= 0.6 is 0 Å². The quantitative estimate of drug-likeness (QED) is 0.730. The van der Waals surface area contributed by atoms with Crippen LogP contribution in [0.25, 0.3) is 0 Å². The third kappa shape index (κ3) is 4.80. The molecule has 0 aliphatic carbocycles. The van der Waals surface area contributed by atoms with Gasteiger partial charge in [-0.3, -0.25) is 14.5 Å². The number of hydrogen-bond donors (Lipinski definition) is 2. The van der Waals surface area contributed by atoms with E-state index < -0.39 is 5.91 Å². The minimum absolute atomic E-state index is 0.0120. The summed E-state index contributed by atoms with van der Waals surface area (Å²) in [5, 5.41) is 2.92. The van der Waals surface area contributed by atoms with Crippen LogP contribution in [-0.2, 0) is 29.2 Å². The highest BCUT2D eigenvalue weighted by molar-refractivity contribution is 5.78. The minimum atomic E-state index is -0.517. The molecule has 0 unspecified atom stereocenters.